The highest BCUT2D eigenvalue weighted by molar-refractivity contribution is 5.94. The molecule has 2 aromatic carbocycles. The molecule has 3 nitrogen and oxygen atoms in total. The van der Waals surface area contributed by atoms with E-state index in [1.54, 1.807) is 0 Å². The van der Waals surface area contributed by atoms with Gasteiger partial charge in [-0.15, -0.1) is 0 Å². The lowest BCUT2D eigenvalue weighted by Crippen LogP contribution is -2.34. The molecule has 1 fully saturated rings. The first-order chi connectivity index (χ1) is 15.8. The van der Waals surface area contributed by atoms with Crippen LogP contribution in [0.5, 0.6) is 0 Å². The van der Waals surface area contributed by atoms with Gasteiger partial charge >= 0.3 is 0 Å². The van der Waals surface area contributed by atoms with Crippen LogP contribution in [0.4, 0.5) is 0 Å². The lowest BCUT2D eigenvalue weighted by atomic mass is 10.1. The van der Waals surface area contributed by atoms with Crippen molar-refractivity contribution in [1.82, 2.24) is 9.88 Å². The molecule has 2 aliphatic rings. The molecule has 5 rings (SSSR count). The Kier molecular flexibility index (Phi) is 6.43. The van der Waals surface area contributed by atoms with E-state index in [4.69, 9.17) is 0 Å². The maximum absolute atomic E-state index is 12.9. The first-order valence-corrected chi connectivity index (χ1v) is 12.5. The van der Waals surface area contributed by atoms with Crippen molar-refractivity contribution in [3.63, 3.8) is 0 Å². The summed E-state index contributed by atoms with van der Waals surface area (Å²) in [5.41, 5.74) is 7.34. The number of aryl methyl sites for hydroxylation is 1. The van der Waals surface area contributed by atoms with Crippen LogP contribution in [0.15, 0.2) is 60.7 Å². The van der Waals surface area contributed by atoms with Crippen LogP contribution in [0, 0.1) is 0 Å². The first-order valence-electron chi connectivity index (χ1n) is 12.5. The van der Waals surface area contributed by atoms with Gasteiger partial charge in [0.25, 0.3) is 5.91 Å². The van der Waals surface area contributed by atoms with Crippen molar-refractivity contribution < 1.29 is 4.79 Å². The molecule has 2 aliphatic carbocycles. The van der Waals surface area contributed by atoms with Crippen molar-refractivity contribution in [3.8, 4) is 16.9 Å². The van der Waals surface area contributed by atoms with Gasteiger partial charge in [-0.05, 0) is 80.0 Å². The molecular weight excluding hydrogens is 392 g/mol. The standard InChI is InChI=1S/C29H34N2O/c32-29(30-25-14-8-1-2-9-15-25)23-17-19-26(20-18-23)31-27-16-10-4-7-13-24(27)21-28(31)22-11-5-3-6-12-22/h3,5-6,11-12,17-21,25H,1-2,4,7-10,13-16H2,(H,30,32). The Balaban J connectivity index is 1.44. The highest BCUT2D eigenvalue weighted by Crippen LogP contribution is 2.33. The van der Waals surface area contributed by atoms with Gasteiger partial charge in [-0.25, -0.2) is 0 Å². The quantitative estimate of drug-likeness (QED) is 0.359. The van der Waals surface area contributed by atoms with Crippen LogP contribution >= 0.6 is 0 Å². The Hall–Kier alpha value is -2.81. The van der Waals surface area contributed by atoms with Gasteiger partial charge in [0.05, 0.1) is 5.69 Å². The minimum absolute atomic E-state index is 0.0677. The van der Waals surface area contributed by atoms with E-state index in [0.717, 1.165) is 36.9 Å². The van der Waals surface area contributed by atoms with E-state index in [2.05, 4.69) is 58.4 Å². The SMILES string of the molecule is O=C(NC1CCCCCC1)c1ccc(-n2c(-c3ccccc3)cc3c2CCCCC3)cc1. The van der Waals surface area contributed by atoms with Crippen molar-refractivity contribution >= 4 is 5.91 Å². The molecule has 1 N–H and O–H groups in total. The Labute approximate surface area is 191 Å². The molecule has 166 valence electrons. The summed E-state index contributed by atoms with van der Waals surface area (Å²) < 4.78 is 2.43. The molecule has 0 unspecified atom stereocenters. The maximum Gasteiger partial charge on any atom is 0.251 e. The van der Waals surface area contributed by atoms with Crippen LogP contribution < -0.4 is 5.32 Å². The number of hydrogen-bond acceptors (Lipinski definition) is 1. The molecule has 3 aromatic rings. The normalized spacial score (nSPS) is 17.2. The molecule has 3 heteroatoms. The fourth-order valence-electron chi connectivity index (χ4n) is 5.45. The van der Waals surface area contributed by atoms with E-state index in [9.17, 15) is 4.79 Å². The van der Waals surface area contributed by atoms with Crippen molar-refractivity contribution in [2.24, 2.45) is 0 Å². The van der Waals surface area contributed by atoms with Crippen LogP contribution in [0.2, 0.25) is 0 Å². The third-order valence-electron chi connectivity index (χ3n) is 7.20. The molecule has 0 radical (unpaired) electrons. The first kappa shape index (κ1) is 21.1. The van der Waals surface area contributed by atoms with Crippen LogP contribution in [0.1, 0.15) is 79.4 Å². The second-order valence-electron chi connectivity index (χ2n) is 9.47. The van der Waals surface area contributed by atoms with Gasteiger partial charge in [-0.2, -0.15) is 0 Å². The number of rotatable bonds is 4. The number of fused-ring (bicyclic) bond motifs is 1. The molecule has 1 amide bonds. The van der Waals surface area contributed by atoms with Gasteiger partial charge in [0.2, 0.25) is 0 Å². The third kappa shape index (κ3) is 4.53. The summed E-state index contributed by atoms with van der Waals surface area (Å²) in [5.74, 6) is 0.0677. The van der Waals surface area contributed by atoms with Gasteiger partial charge in [0, 0.05) is 23.0 Å². The predicted octanol–water partition coefficient (Wildman–Crippen LogP) is 6.87. The molecule has 0 atom stereocenters. The van der Waals surface area contributed by atoms with Crippen LogP contribution in [-0.4, -0.2) is 16.5 Å². The minimum Gasteiger partial charge on any atom is -0.349 e. The van der Waals surface area contributed by atoms with E-state index in [1.165, 1.54) is 67.5 Å². The lowest BCUT2D eigenvalue weighted by Gasteiger charge is -2.17. The van der Waals surface area contributed by atoms with E-state index >= 15 is 0 Å². The van der Waals surface area contributed by atoms with Crippen LogP contribution in [-0.2, 0) is 12.8 Å². The number of hydrogen-bond donors (Lipinski definition) is 1. The highest BCUT2D eigenvalue weighted by atomic mass is 16.1. The summed E-state index contributed by atoms with van der Waals surface area (Å²) >= 11 is 0. The zero-order chi connectivity index (χ0) is 21.8. The largest absolute Gasteiger partial charge is 0.349 e. The van der Waals surface area contributed by atoms with E-state index in [0.29, 0.717) is 6.04 Å². The van der Waals surface area contributed by atoms with Gasteiger partial charge in [0.15, 0.2) is 0 Å². The maximum atomic E-state index is 12.9. The number of nitrogens with zero attached hydrogens (tertiary/aromatic N) is 1. The zero-order valence-corrected chi connectivity index (χ0v) is 19.0. The number of amides is 1. The van der Waals surface area contributed by atoms with Gasteiger partial charge < -0.3 is 9.88 Å². The second kappa shape index (κ2) is 9.77. The monoisotopic (exact) mass is 426 g/mol. The summed E-state index contributed by atoms with van der Waals surface area (Å²) in [6.45, 7) is 0. The predicted molar refractivity (Wildman–Crippen MR) is 131 cm³/mol. The summed E-state index contributed by atoms with van der Waals surface area (Å²) in [7, 11) is 0. The Morgan fingerprint density at radius 1 is 0.781 bits per heavy atom. The molecule has 32 heavy (non-hydrogen) atoms. The fraction of sp³-hybridized carbons (Fsp3) is 0.414. The number of carbonyl (C=O) groups excluding carboxylic acids is 1. The van der Waals surface area contributed by atoms with Crippen molar-refractivity contribution in [2.75, 3.05) is 0 Å². The third-order valence-corrected chi connectivity index (χ3v) is 7.20. The number of nitrogens with one attached hydrogen (secondary N) is 1. The Bertz CT molecular complexity index is 1040. The molecule has 0 saturated heterocycles. The van der Waals surface area contributed by atoms with Crippen molar-refractivity contribution in [3.05, 3.63) is 77.5 Å². The summed E-state index contributed by atoms with van der Waals surface area (Å²) in [6.07, 6.45) is 13.4. The molecule has 1 heterocycles. The molecular formula is C29H34N2O. The second-order valence-corrected chi connectivity index (χ2v) is 9.47. The van der Waals surface area contributed by atoms with E-state index < -0.39 is 0 Å². The van der Waals surface area contributed by atoms with Gasteiger partial charge in [0.1, 0.15) is 0 Å². The smallest absolute Gasteiger partial charge is 0.251 e. The average molecular weight is 427 g/mol. The fourth-order valence-corrected chi connectivity index (χ4v) is 5.45. The topological polar surface area (TPSA) is 34.0 Å². The molecule has 0 bridgehead atoms. The number of aromatic nitrogens is 1. The van der Waals surface area contributed by atoms with E-state index in [-0.39, 0.29) is 5.91 Å². The Morgan fingerprint density at radius 2 is 1.47 bits per heavy atom. The van der Waals surface area contributed by atoms with Crippen LogP contribution in [0.3, 0.4) is 0 Å². The number of carbonyl (C=O) groups is 1. The van der Waals surface area contributed by atoms with Gasteiger partial charge in [-0.3, -0.25) is 4.79 Å². The molecule has 0 spiro atoms. The van der Waals surface area contributed by atoms with E-state index in [1.807, 2.05) is 12.1 Å². The summed E-state index contributed by atoms with van der Waals surface area (Å²) in [4.78, 5) is 12.9. The molecule has 0 aliphatic heterocycles. The Morgan fingerprint density at radius 3 is 2.22 bits per heavy atom. The lowest BCUT2D eigenvalue weighted by molar-refractivity contribution is 0.0933. The summed E-state index contributed by atoms with van der Waals surface area (Å²) in [6, 6.07) is 21.6. The molecule has 1 aromatic heterocycles. The highest BCUT2D eigenvalue weighted by Gasteiger charge is 2.20. The number of benzene rings is 2. The van der Waals surface area contributed by atoms with Gasteiger partial charge in [-0.1, -0.05) is 62.4 Å². The van der Waals surface area contributed by atoms with Crippen molar-refractivity contribution in [1.29, 1.82) is 0 Å². The average Bonchev–Trinajstić information content (AvgIpc) is 3.01. The minimum atomic E-state index is 0.0677. The van der Waals surface area contributed by atoms with Crippen molar-refractivity contribution in [2.45, 2.75) is 76.7 Å². The molecule has 1 saturated carbocycles. The summed E-state index contributed by atoms with van der Waals surface area (Å²) in [5, 5.41) is 3.28. The zero-order valence-electron chi connectivity index (χ0n) is 19.0. The van der Waals surface area contributed by atoms with Crippen LogP contribution in [0.25, 0.3) is 16.9 Å².